The SMILES string of the molecule is CO[C@H]1CCC[C@@H](C[C@@H](C)[C@@H]2CC(=O)[C@H](C)/C=C(\C)[C@@H](O)CC(=O)[C@H](C)C[C@H](C)/C=C/C=C/C=C(\C)[C@@H](OC)C[C@@H]3CC[C@@H](C)[C@@](O)(O3)C(=O)C(=O)N3CCCC[C@H]3C(=O)O2)C1. The first-order valence-electron chi connectivity index (χ1n) is 23.3. The first-order valence-corrected chi connectivity index (χ1v) is 23.3. The topological polar surface area (TPSA) is 166 Å². The number of rotatable bonds is 5. The average Bonchev–Trinajstić information content (AvgIpc) is 3.25. The van der Waals surface area contributed by atoms with Gasteiger partial charge in [0, 0.05) is 57.8 Å². The molecule has 0 spiro atoms. The highest BCUT2D eigenvalue weighted by Crippen LogP contribution is 2.37. The summed E-state index contributed by atoms with van der Waals surface area (Å²) < 4.78 is 23.9. The van der Waals surface area contributed by atoms with Gasteiger partial charge in [0.1, 0.15) is 23.7 Å². The van der Waals surface area contributed by atoms with Gasteiger partial charge in [0.2, 0.25) is 5.79 Å². The van der Waals surface area contributed by atoms with E-state index >= 15 is 0 Å². The second-order valence-corrected chi connectivity index (χ2v) is 19.1. The molecule has 2 N–H and O–H groups in total. The highest BCUT2D eigenvalue weighted by molar-refractivity contribution is 6.39. The Morgan fingerprint density at radius 1 is 0.839 bits per heavy atom. The molecule has 62 heavy (non-hydrogen) atoms. The zero-order valence-electron chi connectivity index (χ0n) is 39.0. The van der Waals surface area contributed by atoms with E-state index in [2.05, 4.69) is 0 Å². The molecule has 2 saturated heterocycles. The monoisotopic (exact) mass is 868 g/mol. The summed E-state index contributed by atoms with van der Waals surface area (Å²) >= 11 is 0. The lowest BCUT2D eigenvalue weighted by molar-refractivity contribution is -0.265. The number of hydrogen-bond acceptors (Lipinski definition) is 11. The van der Waals surface area contributed by atoms with Gasteiger partial charge in [-0.2, -0.15) is 0 Å². The lowest BCUT2D eigenvalue weighted by Crippen LogP contribution is -2.61. The average molecular weight is 868 g/mol. The van der Waals surface area contributed by atoms with Gasteiger partial charge in [0.05, 0.1) is 24.4 Å². The molecule has 12 heteroatoms. The number of hydrogen-bond donors (Lipinski definition) is 2. The fourth-order valence-corrected chi connectivity index (χ4v) is 9.78. The normalized spacial score (nSPS) is 39.4. The minimum absolute atomic E-state index is 0.0563. The number of aliphatic hydroxyl groups excluding tert-OH is 1. The first kappa shape index (κ1) is 51.3. The van der Waals surface area contributed by atoms with Gasteiger partial charge < -0.3 is 34.1 Å². The summed E-state index contributed by atoms with van der Waals surface area (Å²) in [5.41, 5.74) is 1.42. The summed E-state index contributed by atoms with van der Waals surface area (Å²) in [5.74, 6) is -6.85. The Labute approximate surface area is 370 Å². The zero-order chi connectivity index (χ0) is 45.7. The lowest BCUT2D eigenvalue weighted by atomic mass is 9.79. The van der Waals surface area contributed by atoms with Crippen molar-refractivity contribution in [2.45, 2.75) is 181 Å². The highest BCUT2D eigenvalue weighted by Gasteiger charge is 2.53. The molecule has 3 heterocycles. The standard InChI is InChI=1S/C50H77NO11/c1-31-16-11-10-12-17-32(2)45(60-9)28-40-22-21-37(7)50(58,62-40)47(55)48(56)51-23-14-13-20-41(51)49(57)61-46(36(6)26-38-18-15-19-39(27-38)59-8)30-44(54)35(5)25-34(4)43(53)29-42(52)33(3)24-31/h10-12,16-17,25,31,33,35-41,43,45-46,53,58H,13-15,18-24,26-30H2,1-9H3/b12-10+,16-11+,32-17+,34-25+/t31-,33-,35-,36-,37-,38+,39+,40+,41+,43+,45+,46+,50-/m1/s1. The number of piperidine rings is 1. The Balaban J connectivity index is 1.66. The molecule has 348 valence electrons. The van der Waals surface area contributed by atoms with Crippen molar-refractivity contribution in [2.75, 3.05) is 20.8 Å². The van der Waals surface area contributed by atoms with E-state index in [9.17, 15) is 34.2 Å². The van der Waals surface area contributed by atoms with E-state index in [1.54, 1.807) is 41.1 Å². The molecule has 0 radical (unpaired) electrons. The number of fused-ring (bicyclic) bond motifs is 3. The molecule has 1 aliphatic carbocycles. The fraction of sp³-hybridized carbons (Fsp3) is 0.740. The van der Waals surface area contributed by atoms with Gasteiger partial charge in [-0.3, -0.25) is 19.2 Å². The number of methoxy groups -OCH3 is 2. The molecule has 2 bridgehead atoms. The predicted molar refractivity (Wildman–Crippen MR) is 238 cm³/mol. The van der Waals surface area contributed by atoms with Crippen molar-refractivity contribution < 1.29 is 53.1 Å². The molecular formula is C50H77NO11. The molecule has 3 aliphatic heterocycles. The Morgan fingerprint density at radius 3 is 2.29 bits per heavy atom. The van der Waals surface area contributed by atoms with Crippen LogP contribution in [0.3, 0.4) is 0 Å². The largest absolute Gasteiger partial charge is 0.460 e. The molecule has 12 nitrogen and oxygen atoms in total. The van der Waals surface area contributed by atoms with Crippen LogP contribution in [0.25, 0.3) is 0 Å². The van der Waals surface area contributed by atoms with Crippen LogP contribution in [0.15, 0.2) is 47.6 Å². The Hall–Kier alpha value is -3.29. The van der Waals surface area contributed by atoms with Crippen LogP contribution in [0.1, 0.15) is 138 Å². The van der Waals surface area contributed by atoms with E-state index in [0.717, 1.165) is 31.3 Å². The van der Waals surface area contributed by atoms with E-state index in [1.807, 2.05) is 58.1 Å². The van der Waals surface area contributed by atoms with Crippen LogP contribution in [-0.4, -0.2) is 107 Å². The Kier molecular flexibility index (Phi) is 20.0. The summed E-state index contributed by atoms with van der Waals surface area (Å²) in [7, 11) is 3.31. The van der Waals surface area contributed by atoms with Gasteiger partial charge in [-0.15, -0.1) is 0 Å². The molecule has 1 amide bonds. The van der Waals surface area contributed by atoms with Gasteiger partial charge in [-0.1, -0.05) is 83.9 Å². The third-order valence-corrected chi connectivity index (χ3v) is 14.1. The highest BCUT2D eigenvalue weighted by atomic mass is 16.6. The Bertz CT molecular complexity index is 1670. The summed E-state index contributed by atoms with van der Waals surface area (Å²) in [4.78, 5) is 71.1. The number of amides is 1. The lowest BCUT2D eigenvalue weighted by Gasteiger charge is -2.42. The molecule has 0 unspecified atom stereocenters. The van der Waals surface area contributed by atoms with Crippen LogP contribution in [0, 0.1) is 35.5 Å². The number of aliphatic hydroxyl groups is 2. The number of allylic oxidation sites excluding steroid dienone is 6. The van der Waals surface area contributed by atoms with E-state index in [1.165, 1.54) is 4.90 Å². The van der Waals surface area contributed by atoms with E-state index < -0.39 is 65.7 Å². The third-order valence-electron chi connectivity index (χ3n) is 14.1. The number of Topliss-reactive ketones (excluding diaryl/α,β-unsaturated/α-hetero) is 3. The Morgan fingerprint density at radius 2 is 1.58 bits per heavy atom. The van der Waals surface area contributed by atoms with E-state index in [4.69, 9.17) is 18.9 Å². The molecule has 13 atom stereocenters. The smallest absolute Gasteiger partial charge is 0.329 e. The molecule has 0 aromatic rings. The zero-order valence-corrected chi connectivity index (χ0v) is 39.0. The van der Waals surface area contributed by atoms with Crippen molar-refractivity contribution in [3.05, 3.63) is 47.6 Å². The number of nitrogens with zero attached hydrogens (tertiary/aromatic N) is 1. The van der Waals surface area contributed by atoms with Crippen LogP contribution in [0.4, 0.5) is 0 Å². The van der Waals surface area contributed by atoms with Crippen LogP contribution < -0.4 is 0 Å². The van der Waals surface area contributed by atoms with Crippen LogP contribution >= 0.6 is 0 Å². The predicted octanol–water partition coefficient (Wildman–Crippen LogP) is 7.58. The summed E-state index contributed by atoms with van der Waals surface area (Å²) in [6, 6.07) is -1.09. The fourth-order valence-electron chi connectivity index (χ4n) is 9.78. The van der Waals surface area contributed by atoms with Crippen molar-refractivity contribution in [1.82, 2.24) is 4.90 Å². The van der Waals surface area contributed by atoms with E-state index in [0.29, 0.717) is 56.4 Å². The molecule has 4 aliphatic rings. The van der Waals surface area contributed by atoms with Crippen LogP contribution in [-0.2, 0) is 42.9 Å². The number of ketones is 3. The molecule has 0 aromatic carbocycles. The van der Waals surface area contributed by atoms with Crippen LogP contribution in [0.2, 0.25) is 0 Å². The van der Waals surface area contributed by atoms with Crippen LogP contribution in [0.5, 0.6) is 0 Å². The van der Waals surface area contributed by atoms with Crippen molar-refractivity contribution >= 4 is 29.2 Å². The summed E-state index contributed by atoms with van der Waals surface area (Å²) in [6.45, 7) is 13.1. The minimum Gasteiger partial charge on any atom is -0.460 e. The van der Waals surface area contributed by atoms with E-state index in [-0.39, 0.29) is 61.2 Å². The number of ether oxygens (including phenoxy) is 4. The molecular weight excluding hydrogens is 791 g/mol. The maximum absolute atomic E-state index is 14.3. The van der Waals surface area contributed by atoms with Gasteiger partial charge in [-0.25, -0.2) is 4.79 Å². The molecule has 1 saturated carbocycles. The van der Waals surface area contributed by atoms with Gasteiger partial charge >= 0.3 is 5.97 Å². The van der Waals surface area contributed by atoms with Crippen molar-refractivity contribution in [3.63, 3.8) is 0 Å². The first-order chi connectivity index (χ1) is 29.4. The third kappa shape index (κ3) is 14.1. The molecule has 3 fully saturated rings. The maximum Gasteiger partial charge on any atom is 0.329 e. The van der Waals surface area contributed by atoms with Crippen molar-refractivity contribution in [1.29, 1.82) is 0 Å². The minimum atomic E-state index is -2.40. The van der Waals surface area contributed by atoms with Gasteiger partial charge in [0.25, 0.3) is 11.7 Å². The second kappa shape index (κ2) is 24.1. The second-order valence-electron chi connectivity index (χ2n) is 19.1. The van der Waals surface area contributed by atoms with Crippen molar-refractivity contribution in [2.24, 2.45) is 35.5 Å². The molecule has 0 aromatic heterocycles. The molecule has 4 rings (SSSR count). The number of esters is 1. The summed E-state index contributed by atoms with van der Waals surface area (Å²) in [6.07, 6.45) is 16.5. The number of carbonyl (C=O) groups is 5. The summed E-state index contributed by atoms with van der Waals surface area (Å²) in [5, 5.41) is 23.0. The van der Waals surface area contributed by atoms with Gasteiger partial charge in [0.15, 0.2) is 0 Å². The number of cyclic esters (lactones) is 1. The number of carbonyl (C=O) groups excluding carboxylic acids is 5. The maximum atomic E-state index is 14.3. The van der Waals surface area contributed by atoms with Gasteiger partial charge in [-0.05, 0) is 101 Å². The quantitative estimate of drug-likeness (QED) is 0.159. The van der Waals surface area contributed by atoms with Crippen molar-refractivity contribution in [3.8, 4) is 0 Å².